The SMILES string of the molecule is COCCNC(C)c1nnnn1-c1ccc(F)c(F)c1F. The second-order valence-corrected chi connectivity index (χ2v) is 4.31. The summed E-state index contributed by atoms with van der Waals surface area (Å²) in [7, 11) is 1.56. The highest BCUT2D eigenvalue weighted by Crippen LogP contribution is 2.20. The van der Waals surface area contributed by atoms with Gasteiger partial charge in [-0.15, -0.1) is 5.10 Å². The lowest BCUT2D eigenvalue weighted by Gasteiger charge is -2.13. The van der Waals surface area contributed by atoms with Crippen LogP contribution in [0, 0.1) is 17.5 Å². The Labute approximate surface area is 118 Å². The van der Waals surface area contributed by atoms with Crippen molar-refractivity contribution in [1.29, 1.82) is 0 Å². The number of nitrogens with zero attached hydrogens (tertiary/aromatic N) is 4. The van der Waals surface area contributed by atoms with Crippen molar-refractivity contribution in [2.75, 3.05) is 20.3 Å². The topological polar surface area (TPSA) is 64.9 Å². The van der Waals surface area contributed by atoms with Crippen LogP contribution in [0.4, 0.5) is 13.2 Å². The summed E-state index contributed by atoms with van der Waals surface area (Å²) < 4.78 is 46.0. The first-order valence-electron chi connectivity index (χ1n) is 6.20. The predicted molar refractivity (Wildman–Crippen MR) is 67.3 cm³/mol. The lowest BCUT2D eigenvalue weighted by molar-refractivity contribution is 0.196. The van der Waals surface area contributed by atoms with Crippen LogP contribution < -0.4 is 5.32 Å². The van der Waals surface area contributed by atoms with Crippen molar-refractivity contribution in [2.45, 2.75) is 13.0 Å². The second kappa shape index (κ2) is 6.64. The van der Waals surface area contributed by atoms with Gasteiger partial charge in [-0.25, -0.2) is 13.2 Å². The van der Waals surface area contributed by atoms with Crippen molar-refractivity contribution < 1.29 is 17.9 Å². The van der Waals surface area contributed by atoms with E-state index in [0.29, 0.717) is 13.2 Å². The number of tetrazole rings is 1. The molecule has 0 aliphatic carbocycles. The van der Waals surface area contributed by atoms with E-state index < -0.39 is 17.5 Å². The van der Waals surface area contributed by atoms with E-state index in [1.807, 2.05) is 0 Å². The highest BCUT2D eigenvalue weighted by atomic mass is 19.2. The molecular weight excluding hydrogens is 287 g/mol. The van der Waals surface area contributed by atoms with Crippen molar-refractivity contribution in [3.8, 4) is 5.69 Å². The zero-order chi connectivity index (χ0) is 15.4. The Balaban J connectivity index is 2.30. The molecule has 0 bridgehead atoms. The molecule has 0 amide bonds. The number of aromatic nitrogens is 4. The summed E-state index contributed by atoms with van der Waals surface area (Å²) in [6, 6.07) is 1.57. The fourth-order valence-electron chi connectivity index (χ4n) is 1.78. The average molecular weight is 301 g/mol. The normalized spacial score (nSPS) is 12.6. The first-order valence-corrected chi connectivity index (χ1v) is 6.20. The number of hydrogen-bond acceptors (Lipinski definition) is 5. The summed E-state index contributed by atoms with van der Waals surface area (Å²) in [5.41, 5.74) is -0.255. The third-order valence-electron chi connectivity index (χ3n) is 2.88. The minimum absolute atomic E-state index is 0.255. The van der Waals surface area contributed by atoms with Crippen LogP contribution in [0.2, 0.25) is 0 Å². The Morgan fingerprint density at radius 2 is 2.05 bits per heavy atom. The van der Waals surface area contributed by atoms with Crippen LogP contribution in [-0.2, 0) is 4.74 Å². The molecule has 1 heterocycles. The molecule has 2 rings (SSSR count). The molecule has 21 heavy (non-hydrogen) atoms. The largest absolute Gasteiger partial charge is 0.383 e. The van der Waals surface area contributed by atoms with Crippen LogP contribution in [0.25, 0.3) is 5.69 Å². The third kappa shape index (κ3) is 3.19. The molecule has 9 heteroatoms. The van der Waals surface area contributed by atoms with Crippen LogP contribution in [0.3, 0.4) is 0 Å². The molecule has 2 aromatic rings. The van der Waals surface area contributed by atoms with E-state index in [1.165, 1.54) is 0 Å². The van der Waals surface area contributed by atoms with Gasteiger partial charge in [-0.2, -0.15) is 4.68 Å². The quantitative estimate of drug-likeness (QED) is 0.645. The summed E-state index contributed by atoms with van der Waals surface area (Å²) in [5, 5.41) is 13.9. The summed E-state index contributed by atoms with van der Waals surface area (Å²) in [6.45, 7) is 2.77. The molecular formula is C12H14F3N5O. The minimum atomic E-state index is -1.56. The van der Waals surface area contributed by atoms with E-state index in [1.54, 1.807) is 14.0 Å². The molecule has 0 saturated carbocycles. The standard InChI is InChI=1S/C12H14F3N5O/c1-7(16-5-6-21-2)12-17-18-19-20(12)9-4-3-8(13)10(14)11(9)15/h3-4,7,16H,5-6H2,1-2H3. The van der Waals surface area contributed by atoms with Gasteiger partial charge in [0.25, 0.3) is 0 Å². The van der Waals surface area contributed by atoms with E-state index >= 15 is 0 Å². The first kappa shape index (κ1) is 15.4. The van der Waals surface area contributed by atoms with Gasteiger partial charge >= 0.3 is 0 Å². The fraction of sp³-hybridized carbons (Fsp3) is 0.417. The van der Waals surface area contributed by atoms with Crippen LogP contribution in [0.5, 0.6) is 0 Å². The maximum atomic E-state index is 13.8. The third-order valence-corrected chi connectivity index (χ3v) is 2.88. The molecule has 114 valence electrons. The molecule has 1 aromatic carbocycles. The lowest BCUT2D eigenvalue weighted by atomic mass is 10.2. The monoisotopic (exact) mass is 301 g/mol. The van der Waals surface area contributed by atoms with Crippen molar-refractivity contribution >= 4 is 0 Å². The van der Waals surface area contributed by atoms with Crippen LogP contribution in [0.1, 0.15) is 18.8 Å². The van der Waals surface area contributed by atoms with E-state index in [-0.39, 0.29) is 17.6 Å². The molecule has 1 N–H and O–H groups in total. The van der Waals surface area contributed by atoms with Crippen molar-refractivity contribution in [3.05, 3.63) is 35.4 Å². The highest BCUT2D eigenvalue weighted by molar-refractivity contribution is 5.34. The first-order chi connectivity index (χ1) is 10.1. The van der Waals surface area contributed by atoms with Gasteiger partial charge in [0.2, 0.25) is 0 Å². The van der Waals surface area contributed by atoms with Gasteiger partial charge in [-0.1, -0.05) is 0 Å². The number of nitrogens with one attached hydrogen (secondary N) is 1. The Morgan fingerprint density at radius 3 is 2.76 bits per heavy atom. The van der Waals surface area contributed by atoms with Gasteiger partial charge in [0.15, 0.2) is 23.3 Å². The predicted octanol–water partition coefficient (Wildman–Crippen LogP) is 1.38. The number of hydrogen-bond donors (Lipinski definition) is 1. The molecule has 0 spiro atoms. The molecule has 6 nitrogen and oxygen atoms in total. The smallest absolute Gasteiger partial charge is 0.196 e. The zero-order valence-corrected chi connectivity index (χ0v) is 11.5. The summed E-state index contributed by atoms with van der Waals surface area (Å²) in [4.78, 5) is 0. The number of ether oxygens (including phenoxy) is 1. The van der Waals surface area contributed by atoms with Crippen LogP contribution in [0.15, 0.2) is 12.1 Å². The van der Waals surface area contributed by atoms with E-state index in [9.17, 15) is 13.2 Å². The van der Waals surface area contributed by atoms with Gasteiger partial charge in [0, 0.05) is 13.7 Å². The summed E-state index contributed by atoms with van der Waals surface area (Å²) in [6.07, 6.45) is 0. The zero-order valence-electron chi connectivity index (χ0n) is 11.5. The molecule has 0 saturated heterocycles. The molecule has 1 unspecified atom stereocenters. The maximum Gasteiger partial charge on any atom is 0.196 e. The van der Waals surface area contributed by atoms with E-state index in [2.05, 4.69) is 20.8 Å². The number of benzene rings is 1. The van der Waals surface area contributed by atoms with Gasteiger partial charge in [-0.3, -0.25) is 0 Å². The van der Waals surface area contributed by atoms with Gasteiger partial charge < -0.3 is 10.1 Å². The molecule has 1 atom stereocenters. The van der Waals surface area contributed by atoms with Crippen LogP contribution >= 0.6 is 0 Å². The van der Waals surface area contributed by atoms with Crippen molar-refractivity contribution in [3.63, 3.8) is 0 Å². The Morgan fingerprint density at radius 1 is 1.29 bits per heavy atom. The maximum absolute atomic E-state index is 13.8. The average Bonchev–Trinajstić information content (AvgIpc) is 2.94. The number of rotatable bonds is 6. The van der Waals surface area contributed by atoms with E-state index in [4.69, 9.17) is 4.74 Å². The van der Waals surface area contributed by atoms with Crippen molar-refractivity contribution in [2.24, 2.45) is 0 Å². The minimum Gasteiger partial charge on any atom is -0.383 e. The van der Waals surface area contributed by atoms with Gasteiger partial charge in [0.05, 0.1) is 12.6 Å². The molecule has 1 aromatic heterocycles. The van der Waals surface area contributed by atoms with Crippen LogP contribution in [-0.4, -0.2) is 40.5 Å². The second-order valence-electron chi connectivity index (χ2n) is 4.31. The van der Waals surface area contributed by atoms with Gasteiger partial charge in [-0.05, 0) is 29.5 Å². The summed E-state index contributed by atoms with van der Waals surface area (Å²) >= 11 is 0. The number of methoxy groups -OCH3 is 1. The van der Waals surface area contributed by atoms with Crippen molar-refractivity contribution in [1.82, 2.24) is 25.5 Å². The molecule has 0 aliphatic heterocycles. The molecule has 0 aliphatic rings. The van der Waals surface area contributed by atoms with E-state index in [0.717, 1.165) is 16.8 Å². The Bertz CT molecular complexity index is 619. The lowest BCUT2D eigenvalue weighted by Crippen LogP contribution is -2.25. The highest BCUT2D eigenvalue weighted by Gasteiger charge is 2.21. The Kier molecular flexibility index (Phi) is 4.86. The number of halogens is 3. The fourth-order valence-corrected chi connectivity index (χ4v) is 1.78. The van der Waals surface area contributed by atoms with Gasteiger partial charge in [0.1, 0.15) is 5.69 Å². The Hall–Kier alpha value is -2.00. The summed E-state index contributed by atoms with van der Waals surface area (Å²) in [5.74, 6) is -3.89. The molecule has 0 fully saturated rings. The molecule has 0 radical (unpaired) electrons.